The Morgan fingerprint density at radius 1 is 1.21 bits per heavy atom. The van der Waals surface area contributed by atoms with E-state index in [1.807, 2.05) is 0 Å². The van der Waals surface area contributed by atoms with Crippen molar-refractivity contribution in [2.24, 2.45) is 5.92 Å². The van der Waals surface area contributed by atoms with Crippen LogP contribution in [0.15, 0.2) is 22.7 Å². The average molecular weight is 327 g/mol. The Labute approximate surface area is 122 Å². The number of carbonyl (C=O) groups is 1. The second-order valence-corrected chi connectivity index (χ2v) is 6.43. The van der Waals surface area contributed by atoms with Crippen LogP contribution in [0.2, 0.25) is 0 Å². The number of halogens is 2. The van der Waals surface area contributed by atoms with Crippen LogP contribution in [0, 0.1) is 11.7 Å². The van der Waals surface area contributed by atoms with Gasteiger partial charge in [0.1, 0.15) is 11.6 Å². The standard InChI is InChI=1S/C16H20BrFO/c17-14-8-7-13(16(18)11-14)10-15(19)9-12-5-3-1-2-4-6-12/h7-8,11-12H,1-6,9-10H2. The van der Waals surface area contributed by atoms with Crippen LogP contribution in [0.25, 0.3) is 0 Å². The van der Waals surface area contributed by atoms with Crippen LogP contribution in [-0.2, 0) is 11.2 Å². The number of hydrogen-bond acceptors (Lipinski definition) is 1. The monoisotopic (exact) mass is 326 g/mol. The third-order valence-electron chi connectivity index (χ3n) is 3.89. The molecule has 0 bridgehead atoms. The molecular formula is C16H20BrFO. The molecule has 104 valence electrons. The molecule has 0 saturated heterocycles. The molecule has 3 heteroatoms. The molecule has 0 aliphatic heterocycles. The van der Waals surface area contributed by atoms with Crippen LogP contribution >= 0.6 is 15.9 Å². The first-order valence-electron chi connectivity index (χ1n) is 7.11. The fourth-order valence-electron chi connectivity index (χ4n) is 2.84. The largest absolute Gasteiger partial charge is 0.299 e. The highest BCUT2D eigenvalue weighted by Gasteiger charge is 2.17. The highest BCUT2D eigenvalue weighted by atomic mass is 79.9. The Morgan fingerprint density at radius 2 is 1.89 bits per heavy atom. The SMILES string of the molecule is O=C(Cc1ccc(Br)cc1F)CC1CCCCCC1. The Kier molecular flexibility index (Phi) is 5.56. The van der Waals surface area contributed by atoms with Crippen LogP contribution in [0.5, 0.6) is 0 Å². The van der Waals surface area contributed by atoms with Crippen molar-refractivity contribution >= 4 is 21.7 Å². The summed E-state index contributed by atoms with van der Waals surface area (Å²) < 4.78 is 14.4. The highest BCUT2D eigenvalue weighted by molar-refractivity contribution is 9.10. The van der Waals surface area contributed by atoms with Crippen molar-refractivity contribution in [1.82, 2.24) is 0 Å². The van der Waals surface area contributed by atoms with E-state index >= 15 is 0 Å². The highest BCUT2D eigenvalue weighted by Crippen LogP contribution is 2.26. The molecule has 0 atom stereocenters. The maximum absolute atomic E-state index is 13.7. The van der Waals surface area contributed by atoms with E-state index in [0.29, 0.717) is 22.4 Å². The third kappa shape index (κ3) is 4.72. The van der Waals surface area contributed by atoms with Crippen LogP contribution < -0.4 is 0 Å². The van der Waals surface area contributed by atoms with Gasteiger partial charge in [-0.2, -0.15) is 0 Å². The maximum atomic E-state index is 13.7. The molecule has 0 spiro atoms. The van der Waals surface area contributed by atoms with E-state index in [-0.39, 0.29) is 18.0 Å². The van der Waals surface area contributed by atoms with Gasteiger partial charge in [-0.3, -0.25) is 4.79 Å². The summed E-state index contributed by atoms with van der Waals surface area (Å²) >= 11 is 3.23. The summed E-state index contributed by atoms with van der Waals surface area (Å²) in [5.41, 5.74) is 0.516. The number of hydrogen-bond donors (Lipinski definition) is 0. The van der Waals surface area contributed by atoms with E-state index < -0.39 is 0 Å². The Balaban J connectivity index is 1.89. The molecule has 0 aromatic heterocycles. The smallest absolute Gasteiger partial charge is 0.137 e. The lowest BCUT2D eigenvalue weighted by molar-refractivity contribution is -0.119. The zero-order valence-electron chi connectivity index (χ0n) is 11.1. The topological polar surface area (TPSA) is 17.1 Å². The van der Waals surface area contributed by atoms with Crippen molar-refractivity contribution in [3.8, 4) is 0 Å². The van der Waals surface area contributed by atoms with Crippen LogP contribution in [0.1, 0.15) is 50.5 Å². The van der Waals surface area contributed by atoms with Crippen LogP contribution in [-0.4, -0.2) is 5.78 Å². The number of benzene rings is 1. The summed E-state index contributed by atoms with van der Waals surface area (Å²) in [6.45, 7) is 0. The zero-order valence-corrected chi connectivity index (χ0v) is 12.7. The summed E-state index contributed by atoms with van der Waals surface area (Å²) in [4.78, 5) is 12.1. The average Bonchev–Trinajstić information content (AvgIpc) is 2.61. The molecule has 1 nitrogen and oxygen atoms in total. The molecule has 0 unspecified atom stereocenters. The normalized spacial score (nSPS) is 17.2. The summed E-state index contributed by atoms with van der Waals surface area (Å²) in [6, 6.07) is 4.91. The van der Waals surface area contributed by atoms with Crippen molar-refractivity contribution in [2.45, 2.75) is 51.4 Å². The summed E-state index contributed by atoms with van der Waals surface area (Å²) in [6.07, 6.45) is 8.25. The predicted molar refractivity (Wildman–Crippen MR) is 78.6 cm³/mol. The maximum Gasteiger partial charge on any atom is 0.137 e. The van der Waals surface area contributed by atoms with Gasteiger partial charge in [-0.25, -0.2) is 4.39 Å². The van der Waals surface area contributed by atoms with Gasteiger partial charge in [0.25, 0.3) is 0 Å². The predicted octanol–water partition coefficient (Wildman–Crippen LogP) is 5.06. The Morgan fingerprint density at radius 3 is 2.53 bits per heavy atom. The molecule has 1 fully saturated rings. The lowest BCUT2D eigenvalue weighted by Crippen LogP contribution is -2.11. The van der Waals surface area contributed by atoms with Gasteiger partial charge in [0.05, 0.1) is 0 Å². The first-order chi connectivity index (χ1) is 9.15. The number of rotatable bonds is 4. The van der Waals surface area contributed by atoms with E-state index in [9.17, 15) is 9.18 Å². The summed E-state index contributed by atoms with van der Waals surface area (Å²) in [7, 11) is 0. The van der Waals surface area contributed by atoms with Gasteiger partial charge in [-0.05, 0) is 23.6 Å². The molecule has 19 heavy (non-hydrogen) atoms. The van der Waals surface area contributed by atoms with Gasteiger partial charge >= 0.3 is 0 Å². The van der Waals surface area contributed by atoms with Gasteiger partial charge < -0.3 is 0 Å². The summed E-state index contributed by atoms with van der Waals surface area (Å²) in [5, 5.41) is 0. The van der Waals surface area contributed by atoms with Gasteiger partial charge in [-0.1, -0.05) is 60.5 Å². The van der Waals surface area contributed by atoms with E-state index in [1.165, 1.54) is 31.7 Å². The third-order valence-corrected chi connectivity index (χ3v) is 4.39. The molecule has 1 saturated carbocycles. The molecule has 2 rings (SSSR count). The number of carbonyl (C=O) groups excluding carboxylic acids is 1. The molecule has 1 aliphatic rings. The van der Waals surface area contributed by atoms with Crippen molar-refractivity contribution in [1.29, 1.82) is 0 Å². The summed E-state index contributed by atoms with van der Waals surface area (Å²) in [5.74, 6) is 0.408. The first-order valence-corrected chi connectivity index (χ1v) is 7.90. The fourth-order valence-corrected chi connectivity index (χ4v) is 3.17. The first kappa shape index (κ1) is 14.7. The fraction of sp³-hybridized carbons (Fsp3) is 0.562. The molecule has 1 aromatic carbocycles. The molecule has 0 radical (unpaired) electrons. The van der Waals surface area contributed by atoms with E-state index in [1.54, 1.807) is 12.1 Å². The minimum absolute atomic E-state index is 0.174. The van der Waals surface area contributed by atoms with Gasteiger partial charge in [0.2, 0.25) is 0 Å². The van der Waals surface area contributed by atoms with Crippen molar-refractivity contribution in [2.75, 3.05) is 0 Å². The molecule has 1 aromatic rings. The molecule has 1 aliphatic carbocycles. The number of Topliss-reactive ketones (excluding diaryl/α,β-unsaturated/α-hetero) is 1. The number of ketones is 1. The molecule has 0 heterocycles. The lowest BCUT2D eigenvalue weighted by Gasteiger charge is -2.13. The second kappa shape index (κ2) is 7.18. The quantitative estimate of drug-likeness (QED) is 0.707. The van der Waals surface area contributed by atoms with E-state index in [0.717, 1.165) is 12.8 Å². The Bertz CT molecular complexity index is 436. The van der Waals surface area contributed by atoms with E-state index in [2.05, 4.69) is 15.9 Å². The van der Waals surface area contributed by atoms with Gasteiger partial charge in [0.15, 0.2) is 0 Å². The molecule has 0 amide bonds. The van der Waals surface area contributed by atoms with E-state index in [4.69, 9.17) is 0 Å². The lowest BCUT2D eigenvalue weighted by atomic mass is 9.92. The Hall–Kier alpha value is -0.700. The van der Waals surface area contributed by atoms with Crippen LogP contribution in [0.3, 0.4) is 0 Å². The van der Waals surface area contributed by atoms with Gasteiger partial charge in [0, 0.05) is 17.3 Å². The zero-order chi connectivity index (χ0) is 13.7. The van der Waals surface area contributed by atoms with Crippen molar-refractivity contribution in [3.05, 3.63) is 34.1 Å². The van der Waals surface area contributed by atoms with Crippen molar-refractivity contribution < 1.29 is 9.18 Å². The minimum Gasteiger partial charge on any atom is -0.299 e. The molecular weight excluding hydrogens is 307 g/mol. The van der Waals surface area contributed by atoms with Gasteiger partial charge in [-0.15, -0.1) is 0 Å². The minimum atomic E-state index is -0.288. The second-order valence-electron chi connectivity index (χ2n) is 5.51. The van der Waals surface area contributed by atoms with Crippen molar-refractivity contribution in [3.63, 3.8) is 0 Å². The molecule has 0 N–H and O–H groups in total. The van der Waals surface area contributed by atoms with Crippen LogP contribution in [0.4, 0.5) is 4.39 Å².